The molecule has 0 radical (unpaired) electrons. The number of nitrogens with one attached hydrogen (secondary N) is 1. The molecule has 5 rings (SSSR count). The molecular weight excluding hydrogens is 520 g/mol. The molecule has 1 aromatic heterocycles. The minimum Gasteiger partial charge on any atom is -0.367 e. The van der Waals surface area contributed by atoms with Gasteiger partial charge in [0.05, 0.1) is 21.4 Å². The maximum absolute atomic E-state index is 14.4. The number of carbonyl (C=O) groups is 2. The highest BCUT2D eigenvalue weighted by molar-refractivity contribution is 9.10. The smallest absolute Gasteiger partial charge is 0.251 e. The summed E-state index contributed by atoms with van der Waals surface area (Å²) in [5, 5.41) is 8.12. The summed E-state index contributed by atoms with van der Waals surface area (Å²) in [5.74, 6) is -2.22. The van der Waals surface area contributed by atoms with Crippen LogP contribution in [0.25, 0.3) is 10.9 Å². The molecule has 2 aliphatic rings. The second-order valence-corrected chi connectivity index (χ2v) is 9.94. The van der Waals surface area contributed by atoms with Crippen LogP contribution in [0.3, 0.4) is 0 Å². The Morgan fingerprint density at radius 1 is 1.09 bits per heavy atom. The summed E-state index contributed by atoms with van der Waals surface area (Å²) in [6.45, 7) is 5.51. The Labute approximate surface area is 210 Å². The van der Waals surface area contributed by atoms with Gasteiger partial charge in [-0.2, -0.15) is 5.10 Å². The van der Waals surface area contributed by atoms with Crippen molar-refractivity contribution in [3.63, 3.8) is 0 Å². The molecule has 2 amide bonds. The summed E-state index contributed by atoms with van der Waals surface area (Å²) in [5.41, 5.74) is 3.21. The number of imide groups is 1. The molecule has 35 heavy (non-hydrogen) atoms. The van der Waals surface area contributed by atoms with E-state index in [1.165, 1.54) is 6.07 Å². The monoisotopic (exact) mass is 545 g/mol. The largest absolute Gasteiger partial charge is 0.367 e. The van der Waals surface area contributed by atoms with E-state index in [-0.39, 0.29) is 16.3 Å². The van der Waals surface area contributed by atoms with Crippen molar-refractivity contribution in [2.45, 2.75) is 32.2 Å². The zero-order valence-corrected chi connectivity index (χ0v) is 20.9. The Morgan fingerprint density at radius 2 is 1.86 bits per heavy atom. The summed E-state index contributed by atoms with van der Waals surface area (Å²) >= 11 is 3.03. The van der Waals surface area contributed by atoms with E-state index in [0.717, 1.165) is 48.2 Å². The van der Waals surface area contributed by atoms with Crippen LogP contribution in [0, 0.1) is 18.6 Å². The molecule has 3 heterocycles. The molecule has 0 spiro atoms. The first-order valence-corrected chi connectivity index (χ1v) is 12.5. The molecule has 0 saturated carbocycles. The van der Waals surface area contributed by atoms with Gasteiger partial charge in [0, 0.05) is 44.5 Å². The van der Waals surface area contributed by atoms with Crippen LogP contribution in [0.4, 0.5) is 14.5 Å². The molecule has 2 saturated heterocycles. The third-order valence-electron chi connectivity index (χ3n) is 6.93. The van der Waals surface area contributed by atoms with Gasteiger partial charge < -0.3 is 4.90 Å². The van der Waals surface area contributed by atoms with E-state index >= 15 is 0 Å². The number of nitrogens with zero attached hydrogens (tertiary/aromatic N) is 4. The molecule has 1 atom stereocenters. The molecule has 3 aromatic rings. The summed E-state index contributed by atoms with van der Waals surface area (Å²) < 4.78 is 30.2. The van der Waals surface area contributed by atoms with Gasteiger partial charge >= 0.3 is 0 Å². The zero-order valence-electron chi connectivity index (χ0n) is 19.4. The number of rotatable bonds is 5. The van der Waals surface area contributed by atoms with Crippen LogP contribution >= 0.6 is 15.9 Å². The van der Waals surface area contributed by atoms with Crippen molar-refractivity contribution in [3.05, 3.63) is 57.7 Å². The fraction of sp³-hybridized carbons (Fsp3) is 0.400. The quantitative estimate of drug-likeness (QED) is 0.390. The third-order valence-corrected chi connectivity index (χ3v) is 7.54. The van der Waals surface area contributed by atoms with E-state index in [0.29, 0.717) is 31.6 Å². The van der Waals surface area contributed by atoms with Crippen LogP contribution in [0.5, 0.6) is 0 Å². The van der Waals surface area contributed by atoms with Gasteiger partial charge in [-0.1, -0.05) is 12.1 Å². The Morgan fingerprint density at radius 3 is 2.60 bits per heavy atom. The van der Waals surface area contributed by atoms with E-state index in [1.54, 1.807) is 10.7 Å². The molecule has 0 bridgehead atoms. The fourth-order valence-electron chi connectivity index (χ4n) is 5.07. The van der Waals surface area contributed by atoms with E-state index in [9.17, 15) is 18.4 Å². The lowest BCUT2D eigenvalue weighted by atomic mass is 10.0. The fourth-order valence-corrected chi connectivity index (χ4v) is 5.38. The number of hydrogen-bond donors (Lipinski definition) is 1. The van der Waals surface area contributed by atoms with Gasteiger partial charge in [-0.15, -0.1) is 0 Å². The van der Waals surface area contributed by atoms with Crippen LogP contribution in [-0.4, -0.2) is 59.2 Å². The molecule has 7 nitrogen and oxygen atoms in total. The molecule has 2 aliphatic heterocycles. The van der Waals surface area contributed by atoms with Gasteiger partial charge in [-0.3, -0.25) is 24.5 Å². The second-order valence-electron chi connectivity index (χ2n) is 9.08. The van der Waals surface area contributed by atoms with Crippen LogP contribution in [0.15, 0.2) is 34.8 Å². The van der Waals surface area contributed by atoms with Crippen molar-refractivity contribution in [1.82, 2.24) is 20.0 Å². The highest BCUT2D eigenvalue weighted by Crippen LogP contribution is 2.30. The average Bonchev–Trinajstić information content (AvgIpc) is 3.18. The van der Waals surface area contributed by atoms with Crippen molar-refractivity contribution < 1.29 is 18.4 Å². The standard InChI is InChI=1S/C25H26BrF2N5O2/c1-15-22-16(3-2-4-18(22)33(30-15)20-7-8-21(34)29-25(20)35)9-10-31-11-13-32(14-12-31)19-6-5-17(26)23(27)24(19)28/h2-6,20H,7-14H2,1H3,(H,29,34,35). The summed E-state index contributed by atoms with van der Waals surface area (Å²) in [4.78, 5) is 28.2. The number of aryl methyl sites for hydroxylation is 1. The van der Waals surface area contributed by atoms with Crippen LogP contribution in [0.2, 0.25) is 0 Å². The average molecular weight is 546 g/mol. The van der Waals surface area contributed by atoms with Gasteiger partial charge in [0.2, 0.25) is 5.91 Å². The van der Waals surface area contributed by atoms with Gasteiger partial charge in [0.1, 0.15) is 6.04 Å². The number of fused-ring (bicyclic) bond motifs is 1. The predicted molar refractivity (Wildman–Crippen MR) is 132 cm³/mol. The first-order chi connectivity index (χ1) is 16.8. The Bertz CT molecular complexity index is 1300. The van der Waals surface area contributed by atoms with Crippen molar-refractivity contribution in [1.29, 1.82) is 0 Å². The van der Waals surface area contributed by atoms with E-state index in [2.05, 4.69) is 37.3 Å². The van der Waals surface area contributed by atoms with Crippen molar-refractivity contribution in [2.24, 2.45) is 0 Å². The van der Waals surface area contributed by atoms with E-state index in [4.69, 9.17) is 0 Å². The lowest BCUT2D eigenvalue weighted by Crippen LogP contribution is -2.47. The number of anilines is 1. The lowest BCUT2D eigenvalue weighted by molar-refractivity contribution is -0.135. The van der Waals surface area contributed by atoms with Gasteiger partial charge in [-0.25, -0.2) is 8.78 Å². The zero-order chi connectivity index (χ0) is 24.7. The SMILES string of the molecule is Cc1nn(C2CCC(=O)NC2=O)c2cccc(CCN3CCN(c4ccc(Br)c(F)c4F)CC3)c12. The van der Waals surface area contributed by atoms with Crippen LogP contribution in [-0.2, 0) is 16.0 Å². The highest BCUT2D eigenvalue weighted by Gasteiger charge is 2.30. The Hall–Kier alpha value is -2.85. The van der Waals surface area contributed by atoms with Gasteiger partial charge in [0.25, 0.3) is 5.91 Å². The number of piperazine rings is 1. The summed E-state index contributed by atoms with van der Waals surface area (Å²) in [6, 6.07) is 8.69. The van der Waals surface area contributed by atoms with Crippen molar-refractivity contribution in [3.8, 4) is 0 Å². The number of aromatic nitrogens is 2. The summed E-state index contributed by atoms with van der Waals surface area (Å²) in [6.07, 6.45) is 1.55. The first-order valence-electron chi connectivity index (χ1n) is 11.7. The number of amides is 2. The molecule has 2 aromatic carbocycles. The maximum atomic E-state index is 14.4. The van der Waals surface area contributed by atoms with Crippen LogP contribution < -0.4 is 10.2 Å². The molecule has 1 unspecified atom stereocenters. The second kappa shape index (κ2) is 9.66. The Balaban J connectivity index is 1.27. The molecule has 184 valence electrons. The van der Waals surface area contributed by atoms with Gasteiger partial charge in [0.15, 0.2) is 11.6 Å². The lowest BCUT2D eigenvalue weighted by Gasteiger charge is -2.36. The van der Waals surface area contributed by atoms with Crippen molar-refractivity contribution >= 4 is 44.3 Å². The predicted octanol–water partition coefficient (Wildman–Crippen LogP) is 3.73. The topological polar surface area (TPSA) is 70.5 Å². The molecular formula is C25H26BrF2N5O2. The van der Waals surface area contributed by atoms with E-state index < -0.39 is 17.7 Å². The van der Waals surface area contributed by atoms with Crippen molar-refractivity contribution in [2.75, 3.05) is 37.6 Å². The number of carbonyl (C=O) groups excluding carboxylic acids is 2. The summed E-state index contributed by atoms with van der Waals surface area (Å²) in [7, 11) is 0. The normalized spacial score (nSPS) is 19.4. The number of piperidine rings is 1. The minimum atomic E-state index is -0.855. The first kappa shape index (κ1) is 23.9. The van der Waals surface area contributed by atoms with Crippen LogP contribution in [0.1, 0.15) is 30.1 Å². The molecule has 1 N–H and O–H groups in total. The molecule has 2 fully saturated rings. The Kier molecular flexibility index (Phi) is 6.59. The maximum Gasteiger partial charge on any atom is 0.251 e. The van der Waals surface area contributed by atoms with E-state index in [1.807, 2.05) is 24.0 Å². The molecule has 0 aliphatic carbocycles. The number of halogens is 3. The number of benzene rings is 2. The number of hydrogen-bond acceptors (Lipinski definition) is 5. The highest BCUT2D eigenvalue weighted by atomic mass is 79.9. The third kappa shape index (κ3) is 4.56. The van der Waals surface area contributed by atoms with Gasteiger partial charge in [-0.05, 0) is 59.5 Å². The minimum absolute atomic E-state index is 0.128. The molecule has 10 heteroatoms.